The van der Waals surface area contributed by atoms with Crippen LogP contribution >= 0.6 is 0 Å². The van der Waals surface area contributed by atoms with E-state index >= 15 is 0 Å². The average Bonchev–Trinajstić information content (AvgIpc) is 2.56. The van der Waals surface area contributed by atoms with Crippen molar-refractivity contribution in [2.75, 3.05) is 6.61 Å². The summed E-state index contributed by atoms with van der Waals surface area (Å²) < 4.78 is 11.1. The van der Waals surface area contributed by atoms with Gasteiger partial charge in [0.2, 0.25) is 0 Å². The minimum absolute atomic E-state index is 0.0179. The molecule has 0 aromatic heterocycles. The fourth-order valence-corrected chi connectivity index (χ4v) is 5.75. The average molecular weight is 316 g/mol. The summed E-state index contributed by atoms with van der Waals surface area (Å²) in [5.74, 6) is -2.42. The molecule has 0 aromatic carbocycles. The highest BCUT2D eigenvalue weighted by Crippen LogP contribution is 2.74. The maximum absolute atomic E-state index is 11.6. The second kappa shape index (κ2) is 3.69. The summed E-state index contributed by atoms with van der Waals surface area (Å²) in [6.07, 6.45) is -3.31. The molecule has 7 nitrogen and oxygen atoms in total. The second-order valence-corrected chi connectivity index (χ2v) is 8.07. The normalized spacial score (nSPS) is 69.8. The lowest BCUT2D eigenvalue weighted by Gasteiger charge is -2.68. The third-order valence-corrected chi connectivity index (χ3v) is 7.58. The number of hydrogen-bond acceptors (Lipinski definition) is 7. The van der Waals surface area contributed by atoms with Gasteiger partial charge in [-0.05, 0) is 12.8 Å². The molecule has 126 valence electrons. The smallest absolute Gasteiger partial charge is 0.199 e. The molecule has 3 aliphatic heterocycles. The lowest BCUT2D eigenvalue weighted by atomic mass is 9.43. The largest absolute Gasteiger partial charge is 0.393 e. The fourth-order valence-electron chi connectivity index (χ4n) is 5.75. The zero-order valence-corrected chi connectivity index (χ0v) is 13.0. The van der Waals surface area contributed by atoms with Crippen LogP contribution in [0.1, 0.15) is 33.6 Å². The van der Waals surface area contributed by atoms with Crippen LogP contribution in [0.2, 0.25) is 0 Å². The molecule has 0 radical (unpaired) electrons. The second-order valence-electron chi connectivity index (χ2n) is 8.07. The molecule has 0 aromatic rings. The Hall–Kier alpha value is -0.280. The van der Waals surface area contributed by atoms with Crippen molar-refractivity contribution in [1.29, 1.82) is 0 Å². The maximum Gasteiger partial charge on any atom is 0.199 e. The van der Waals surface area contributed by atoms with Gasteiger partial charge in [0.15, 0.2) is 12.1 Å². The lowest BCUT2D eigenvalue weighted by molar-refractivity contribution is -0.448. The van der Waals surface area contributed by atoms with Crippen LogP contribution in [-0.4, -0.2) is 67.6 Å². The monoisotopic (exact) mass is 316 g/mol. The van der Waals surface area contributed by atoms with Gasteiger partial charge in [-0.3, -0.25) is 0 Å². The Balaban J connectivity index is 2.06. The van der Waals surface area contributed by atoms with Crippen molar-refractivity contribution < 1.29 is 35.0 Å². The molecule has 9 atom stereocenters. The number of rotatable bonds is 0. The summed E-state index contributed by atoms with van der Waals surface area (Å²) in [7, 11) is 0. The Morgan fingerprint density at radius 3 is 2.36 bits per heavy atom. The molecule has 4 bridgehead atoms. The Morgan fingerprint density at radius 1 is 1.09 bits per heavy atom. The van der Waals surface area contributed by atoms with Crippen LogP contribution < -0.4 is 0 Å². The predicted octanol–water partition coefficient (Wildman–Crippen LogP) is -1.30. The standard InChI is InChI=1S/C15H24O7/c1-7-8(16)4-14(19)11(2)6-21-10-9(17)13(7,14)5-15(20,22-10)12(11,3)18/h7-10,16-20H,4-6H2,1-3H3/t7-,8+,9+,10+,11-,12-,13+,14+,15-/m1/s1. The van der Waals surface area contributed by atoms with Crippen molar-refractivity contribution in [2.24, 2.45) is 16.7 Å². The van der Waals surface area contributed by atoms with Gasteiger partial charge in [0.1, 0.15) is 11.7 Å². The minimum atomic E-state index is -1.95. The maximum atomic E-state index is 11.6. The Kier molecular flexibility index (Phi) is 2.56. The first-order valence-electron chi connectivity index (χ1n) is 7.80. The van der Waals surface area contributed by atoms with E-state index in [1.165, 1.54) is 6.92 Å². The summed E-state index contributed by atoms with van der Waals surface area (Å²) in [6.45, 7) is 4.72. The summed E-state index contributed by atoms with van der Waals surface area (Å²) in [5, 5.41) is 54.9. The number of aliphatic hydroxyl groups excluding tert-OH is 2. The van der Waals surface area contributed by atoms with Crippen molar-refractivity contribution in [3.05, 3.63) is 0 Å². The van der Waals surface area contributed by atoms with E-state index in [1.807, 2.05) is 0 Å². The first kappa shape index (κ1) is 15.3. The molecule has 5 fully saturated rings. The number of hydrogen-bond donors (Lipinski definition) is 5. The minimum Gasteiger partial charge on any atom is -0.393 e. The molecule has 5 N–H and O–H groups in total. The zero-order valence-electron chi connectivity index (χ0n) is 13.0. The van der Waals surface area contributed by atoms with Gasteiger partial charge < -0.3 is 35.0 Å². The third kappa shape index (κ3) is 1.14. The topological polar surface area (TPSA) is 120 Å². The zero-order chi connectivity index (χ0) is 16.3. The van der Waals surface area contributed by atoms with Crippen LogP contribution in [0.4, 0.5) is 0 Å². The number of aliphatic hydroxyl groups is 5. The quantitative estimate of drug-likeness (QED) is 0.377. The molecule has 0 unspecified atom stereocenters. The summed E-state index contributed by atoms with van der Waals surface area (Å²) >= 11 is 0. The molecule has 22 heavy (non-hydrogen) atoms. The Labute approximate surface area is 128 Å². The van der Waals surface area contributed by atoms with Crippen molar-refractivity contribution >= 4 is 0 Å². The van der Waals surface area contributed by atoms with Crippen LogP contribution in [-0.2, 0) is 9.47 Å². The highest BCUT2D eigenvalue weighted by Gasteiger charge is 2.86. The van der Waals surface area contributed by atoms with Crippen LogP contribution in [0.25, 0.3) is 0 Å². The van der Waals surface area contributed by atoms with E-state index in [-0.39, 0.29) is 19.4 Å². The molecular formula is C15H24O7. The molecule has 1 spiro atoms. The molecule has 5 aliphatic rings. The SMILES string of the molecule is C[C@@H]1[C@@H](O)C[C@@]2(O)[C@@]13C[C@@]1(O)O[C@H](OC[C@]2(C)[C@@]1(C)O)[C@@H]3O. The third-order valence-electron chi connectivity index (χ3n) is 7.58. The van der Waals surface area contributed by atoms with Crippen LogP contribution in [0.15, 0.2) is 0 Å². The summed E-state index contributed by atoms with van der Waals surface area (Å²) in [5.41, 5.74) is -5.87. The molecule has 7 heteroatoms. The van der Waals surface area contributed by atoms with Gasteiger partial charge in [-0.1, -0.05) is 13.8 Å². The van der Waals surface area contributed by atoms with Gasteiger partial charge in [-0.25, -0.2) is 0 Å². The van der Waals surface area contributed by atoms with Gasteiger partial charge in [-0.15, -0.1) is 0 Å². The van der Waals surface area contributed by atoms with Crippen LogP contribution in [0.3, 0.4) is 0 Å². The molecular weight excluding hydrogens is 292 g/mol. The van der Waals surface area contributed by atoms with E-state index in [0.29, 0.717) is 0 Å². The van der Waals surface area contributed by atoms with E-state index in [2.05, 4.69) is 0 Å². The Bertz CT molecular complexity index is 538. The van der Waals surface area contributed by atoms with Crippen molar-refractivity contribution in [1.82, 2.24) is 0 Å². The van der Waals surface area contributed by atoms with E-state index in [1.54, 1.807) is 13.8 Å². The lowest BCUT2D eigenvalue weighted by Crippen LogP contribution is -2.82. The first-order valence-corrected chi connectivity index (χ1v) is 7.80. The molecule has 5 rings (SSSR count). The Morgan fingerprint density at radius 2 is 1.73 bits per heavy atom. The van der Waals surface area contributed by atoms with Gasteiger partial charge in [0.25, 0.3) is 0 Å². The van der Waals surface area contributed by atoms with E-state index in [9.17, 15) is 25.5 Å². The van der Waals surface area contributed by atoms with E-state index in [4.69, 9.17) is 9.47 Å². The molecule has 0 amide bonds. The highest BCUT2D eigenvalue weighted by molar-refractivity contribution is 5.32. The number of fused-ring (bicyclic) bond motifs is 1. The van der Waals surface area contributed by atoms with Gasteiger partial charge >= 0.3 is 0 Å². The van der Waals surface area contributed by atoms with Crippen molar-refractivity contribution in [2.45, 2.75) is 69.1 Å². The van der Waals surface area contributed by atoms with Gasteiger partial charge in [0, 0.05) is 18.3 Å². The first-order chi connectivity index (χ1) is 9.97. The predicted molar refractivity (Wildman–Crippen MR) is 72.3 cm³/mol. The van der Waals surface area contributed by atoms with Gasteiger partial charge in [0.05, 0.1) is 23.7 Å². The molecule has 3 heterocycles. The molecule has 2 saturated carbocycles. The van der Waals surface area contributed by atoms with Crippen molar-refractivity contribution in [3.63, 3.8) is 0 Å². The fraction of sp³-hybridized carbons (Fsp3) is 1.00. The van der Waals surface area contributed by atoms with E-state index in [0.717, 1.165) is 0 Å². The van der Waals surface area contributed by atoms with Crippen LogP contribution in [0, 0.1) is 16.7 Å². The summed E-state index contributed by atoms with van der Waals surface area (Å²) in [6, 6.07) is 0. The highest BCUT2D eigenvalue weighted by atomic mass is 16.8. The molecule has 3 saturated heterocycles. The summed E-state index contributed by atoms with van der Waals surface area (Å²) in [4.78, 5) is 0. The van der Waals surface area contributed by atoms with Crippen molar-refractivity contribution in [3.8, 4) is 0 Å². The van der Waals surface area contributed by atoms with Crippen LogP contribution in [0.5, 0.6) is 0 Å². The van der Waals surface area contributed by atoms with Gasteiger partial charge in [-0.2, -0.15) is 0 Å². The number of ether oxygens (including phenoxy) is 2. The van der Waals surface area contributed by atoms with E-state index < -0.39 is 52.2 Å². The molecule has 2 aliphatic carbocycles.